The third-order valence-corrected chi connectivity index (χ3v) is 3.17. The van der Waals surface area contributed by atoms with E-state index in [0.717, 1.165) is 29.9 Å². The molecule has 5 nitrogen and oxygen atoms in total. The molecule has 0 saturated heterocycles. The Labute approximate surface area is 119 Å². The molecule has 1 atom stereocenters. The Morgan fingerprint density at radius 2 is 2.25 bits per heavy atom. The third kappa shape index (κ3) is 3.42. The topological polar surface area (TPSA) is 56.8 Å². The minimum atomic E-state index is -0.280. The lowest BCUT2D eigenvalue weighted by Gasteiger charge is -2.17. The predicted molar refractivity (Wildman–Crippen MR) is 74.7 cm³/mol. The number of benzene rings is 1. The van der Waals surface area contributed by atoms with E-state index in [0.29, 0.717) is 13.2 Å². The first-order chi connectivity index (χ1) is 9.76. The number of fused-ring (bicyclic) bond motifs is 1. The van der Waals surface area contributed by atoms with Gasteiger partial charge in [0, 0.05) is 12.1 Å². The predicted octanol–water partition coefficient (Wildman–Crippen LogP) is 2.24. The van der Waals surface area contributed by atoms with E-state index in [4.69, 9.17) is 14.2 Å². The summed E-state index contributed by atoms with van der Waals surface area (Å²) in [5, 5.41) is 3.24. The first-order valence-electron chi connectivity index (χ1n) is 7.03. The van der Waals surface area contributed by atoms with Gasteiger partial charge in [0.1, 0.15) is 6.04 Å². The second kappa shape index (κ2) is 7.14. The van der Waals surface area contributed by atoms with Crippen LogP contribution in [0.5, 0.6) is 11.5 Å². The summed E-state index contributed by atoms with van der Waals surface area (Å²) in [6.45, 7) is 5.07. The van der Waals surface area contributed by atoms with Gasteiger partial charge in [0.2, 0.25) is 6.79 Å². The second-order valence-electron chi connectivity index (χ2n) is 4.63. The lowest BCUT2D eigenvalue weighted by Crippen LogP contribution is -2.37. The second-order valence-corrected chi connectivity index (χ2v) is 4.63. The number of esters is 1. The van der Waals surface area contributed by atoms with Crippen molar-refractivity contribution in [2.75, 3.05) is 13.4 Å². The molecule has 0 amide bonds. The average Bonchev–Trinajstić information content (AvgIpc) is 2.92. The minimum absolute atomic E-state index is 0.195. The van der Waals surface area contributed by atoms with E-state index in [1.165, 1.54) is 0 Å². The van der Waals surface area contributed by atoms with Gasteiger partial charge >= 0.3 is 5.97 Å². The zero-order chi connectivity index (χ0) is 14.4. The van der Waals surface area contributed by atoms with Crippen LogP contribution in [0.2, 0.25) is 0 Å². The van der Waals surface area contributed by atoms with E-state index in [1.54, 1.807) is 0 Å². The normalized spacial score (nSPS) is 14.1. The monoisotopic (exact) mass is 279 g/mol. The molecular formula is C15H21NO4. The van der Waals surface area contributed by atoms with E-state index in [1.807, 2.05) is 32.0 Å². The van der Waals surface area contributed by atoms with Crippen molar-refractivity contribution >= 4 is 5.97 Å². The highest BCUT2D eigenvalue weighted by Crippen LogP contribution is 2.35. The van der Waals surface area contributed by atoms with Crippen molar-refractivity contribution < 1.29 is 19.0 Å². The molecule has 1 aliphatic rings. The number of para-hydroxylation sites is 1. The lowest BCUT2D eigenvalue weighted by molar-refractivity contribution is -0.145. The summed E-state index contributed by atoms with van der Waals surface area (Å²) < 4.78 is 15.9. The van der Waals surface area contributed by atoms with Crippen molar-refractivity contribution in [2.45, 2.75) is 39.3 Å². The minimum Gasteiger partial charge on any atom is -0.465 e. The first kappa shape index (κ1) is 14.7. The van der Waals surface area contributed by atoms with Crippen LogP contribution < -0.4 is 14.8 Å². The zero-order valence-corrected chi connectivity index (χ0v) is 12.0. The Kier molecular flexibility index (Phi) is 5.24. The lowest BCUT2D eigenvalue weighted by atomic mass is 10.1. The van der Waals surface area contributed by atoms with Gasteiger partial charge in [-0.1, -0.05) is 25.5 Å². The maximum Gasteiger partial charge on any atom is 0.323 e. The number of ether oxygens (including phenoxy) is 3. The molecule has 1 heterocycles. The zero-order valence-electron chi connectivity index (χ0n) is 12.0. The van der Waals surface area contributed by atoms with Gasteiger partial charge < -0.3 is 19.5 Å². The molecule has 5 heteroatoms. The molecule has 0 radical (unpaired) electrons. The van der Waals surface area contributed by atoms with Crippen LogP contribution in [0.1, 0.15) is 32.3 Å². The van der Waals surface area contributed by atoms with Crippen LogP contribution in [-0.4, -0.2) is 25.4 Å². The van der Waals surface area contributed by atoms with E-state index in [9.17, 15) is 4.79 Å². The van der Waals surface area contributed by atoms with Crippen molar-refractivity contribution in [3.63, 3.8) is 0 Å². The summed E-state index contributed by atoms with van der Waals surface area (Å²) in [7, 11) is 0. The van der Waals surface area contributed by atoms with Gasteiger partial charge in [0.05, 0.1) is 6.61 Å². The van der Waals surface area contributed by atoms with Gasteiger partial charge in [-0.25, -0.2) is 0 Å². The highest BCUT2D eigenvalue weighted by atomic mass is 16.7. The molecule has 1 aliphatic heterocycles. The quantitative estimate of drug-likeness (QED) is 0.776. The Hall–Kier alpha value is -1.75. The van der Waals surface area contributed by atoms with Gasteiger partial charge in [-0.15, -0.1) is 0 Å². The summed E-state index contributed by atoms with van der Waals surface area (Å²) in [6.07, 6.45) is 1.67. The van der Waals surface area contributed by atoms with Crippen molar-refractivity contribution in [3.8, 4) is 11.5 Å². The highest BCUT2D eigenvalue weighted by Gasteiger charge is 2.21. The third-order valence-electron chi connectivity index (χ3n) is 3.17. The van der Waals surface area contributed by atoms with Gasteiger partial charge in [0.25, 0.3) is 0 Å². The molecule has 110 valence electrons. The molecule has 2 rings (SSSR count). The Bertz CT molecular complexity index is 461. The van der Waals surface area contributed by atoms with Gasteiger partial charge in [0.15, 0.2) is 11.5 Å². The van der Waals surface area contributed by atoms with Gasteiger partial charge in [-0.05, 0) is 19.4 Å². The Morgan fingerprint density at radius 1 is 1.40 bits per heavy atom. The Morgan fingerprint density at radius 3 is 3.00 bits per heavy atom. The van der Waals surface area contributed by atoms with Crippen LogP contribution in [0.3, 0.4) is 0 Å². The van der Waals surface area contributed by atoms with E-state index in [-0.39, 0.29) is 18.8 Å². The van der Waals surface area contributed by atoms with Crippen LogP contribution in [0, 0.1) is 0 Å². The Balaban J connectivity index is 1.99. The number of hydrogen-bond acceptors (Lipinski definition) is 5. The number of hydrogen-bond donors (Lipinski definition) is 1. The molecule has 0 fully saturated rings. The molecular weight excluding hydrogens is 258 g/mol. The number of nitrogens with one attached hydrogen (secondary N) is 1. The molecule has 0 aromatic heterocycles. The maximum atomic E-state index is 11.8. The smallest absolute Gasteiger partial charge is 0.323 e. The number of rotatable bonds is 7. The molecule has 1 N–H and O–H groups in total. The average molecular weight is 279 g/mol. The van der Waals surface area contributed by atoms with Crippen molar-refractivity contribution in [2.24, 2.45) is 0 Å². The fourth-order valence-corrected chi connectivity index (χ4v) is 2.20. The standard InChI is InChI=1S/C15H21NO4/c1-3-6-12(15(17)18-4-2)16-9-11-7-5-8-13-14(11)20-10-19-13/h5,7-8,12,16H,3-4,6,9-10H2,1-2H3. The van der Waals surface area contributed by atoms with Gasteiger partial charge in [-0.3, -0.25) is 4.79 Å². The molecule has 0 bridgehead atoms. The molecule has 0 spiro atoms. The van der Waals surface area contributed by atoms with Crippen LogP contribution >= 0.6 is 0 Å². The fourth-order valence-electron chi connectivity index (χ4n) is 2.20. The highest BCUT2D eigenvalue weighted by molar-refractivity contribution is 5.75. The van der Waals surface area contributed by atoms with Crippen LogP contribution in [0.4, 0.5) is 0 Å². The van der Waals surface area contributed by atoms with Crippen LogP contribution in [-0.2, 0) is 16.1 Å². The number of carbonyl (C=O) groups excluding carboxylic acids is 1. The van der Waals surface area contributed by atoms with E-state index in [2.05, 4.69) is 5.32 Å². The van der Waals surface area contributed by atoms with Crippen LogP contribution in [0.25, 0.3) is 0 Å². The molecule has 1 aromatic carbocycles. The van der Waals surface area contributed by atoms with E-state index < -0.39 is 0 Å². The summed E-state index contributed by atoms with van der Waals surface area (Å²) in [6, 6.07) is 5.48. The molecule has 1 unspecified atom stereocenters. The van der Waals surface area contributed by atoms with Crippen molar-refractivity contribution in [3.05, 3.63) is 23.8 Å². The largest absolute Gasteiger partial charge is 0.465 e. The van der Waals surface area contributed by atoms with Crippen LogP contribution in [0.15, 0.2) is 18.2 Å². The molecule has 0 saturated carbocycles. The summed E-state index contributed by atoms with van der Waals surface area (Å²) in [5.74, 6) is 1.32. The molecule has 0 aliphatic carbocycles. The number of carbonyl (C=O) groups is 1. The summed E-state index contributed by atoms with van der Waals surface area (Å²) >= 11 is 0. The van der Waals surface area contributed by atoms with E-state index >= 15 is 0 Å². The maximum absolute atomic E-state index is 11.8. The summed E-state index contributed by atoms with van der Waals surface area (Å²) in [5.41, 5.74) is 0.991. The molecule has 1 aromatic rings. The van der Waals surface area contributed by atoms with Crippen molar-refractivity contribution in [1.29, 1.82) is 0 Å². The van der Waals surface area contributed by atoms with Gasteiger partial charge in [-0.2, -0.15) is 0 Å². The first-order valence-corrected chi connectivity index (χ1v) is 7.03. The summed E-state index contributed by atoms with van der Waals surface area (Å²) in [4.78, 5) is 11.8. The SMILES string of the molecule is CCCC(NCc1cccc2c1OCO2)C(=O)OCC. The van der Waals surface area contributed by atoms with Crippen molar-refractivity contribution in [1.82, 2.24) is 5.32 Å². The molecule has 20 heavy (non-hydrogen) atoms. The fraction of sp³-hybridized carbons (Fsp3) is 0.533.